The first kappa shape index (κ1) is 18.0. The Kier molecular flexibility index (Phi) is 9.45. The Hall–Kier alpha value is -2.08. The fourth-order valence-corrected chi connectivity index (χ4v) is 1.79. The molecule has 0 fully saturated rings. The fraction of sp³-hybridized carbons (Fsp3) is 0.500. The zero-order chi connectivity index (χ0) is 16.0. The molecule has 1 amide bonds. The van der Waals surface area contributed by atoms with Gasteiger partial charge in [0.2, 0.25) is 5.91 Å². The molecule has 6 heteroatoms. The molecule has 0 saturated heterocycles. The van der Waals surface area contributed by atoms with E-state index in [9.17, 15) is 4.79 Å². The van der Waals surface area contributed by atoms with Crippen LogP contribution in [-0.4, -0.2) is 45.2 Å². The number of aliphatic imine (C=N–C) groups is 1. The smallest absolute Gasteiger partial charge is 0.222 e. The number of nitrogens with zero attached hydrogens (tertiary/aromatic N) is 1. The van der Waals surface area contributed by atoms with Gasteiger partial charge in [-0.15, -0.1) is 0 Å². The van der Waals surface area contributed by atoms with E-state index in [1.165, 1.54) is 0 Å². The van der Waals surface area contributed by atoms with E-state index < -0.39 is 0 Å². The van der Waals surface area contributed by atoms with Gasteiger partial charge in [0.25, 0.3) is 0 Å². The second-order valence-corrected chi connectivity index (χ2v) is 4.64. The van der Waals surface area contributed by atoms with Crippen molar-refractivity contribution in [2.45, 2.75) is 19.9 Å². The maximum atomic E-state index is 11.8. The monoisotopic (exact) mass is 306 g/mol. The molecule has 0 atom stereocenters. The third-order valence-electron chi connectivity index (χ3n) is 2.94. The van der Waals surface area contributed by atoms with E-state index in [4.69, 9.17) is 4.74 Å². The standard InChI is InChI=1S/C16H26N4O2/c1-3-22-12-11-19-16(17-2)18-10-9-15(21)20-13-14-7-5-4-6-8-14/h4-8H,3,9-13H2,1-2H3,(H,20,21)(H2,17,18,19). The van der Waals surface area contributed by atoms with E-state index in [0.717, 1.165) is 5.56 Å². The summed E-state index contributed by atoms with van der Waals surface area (Å²) in [6.07, 6.45) is 0.402. The molecular formula is C16H26N4O2. The molecule has 22 heavy (non-hydrogen) atoms. The quantitative estimate of drug-likeness (QED) is 0.360. The van der Waals surface area contributed by atoms with Crippen molar-refractivity contribution in [2.75, 3.05) is 33.4 Å². The second kappa shape index (κ2) is 11.6. The van der Waals surface area contributed by atoms with Crippen LogP contribution in [0.25, 0.3) is 0 Å². The van der Waals surface area contributed by atoms with Gasteiger partial charge in [-0.2, -0.15) is 0 Å². The molecular weight excluding hydrogens is 280 g/mol. The van der Waals surface area contributed by atoms with Crippen LogP contribution in [0.15, 0.2) is 35.3 Å². The van der Waals surface area contributed by atoms with E-state index in [0.29, 0.717) is 45.2 Å². The molecule has 1 aromatic carbocycles. The first-order chi connectivity index (χ1) is 10.8. The SMILES string of the molecule is CCOCCNC(=NC)NCCC(=O)NCc1ccccc1. The summed E-state index contributed by atoms with van der Waals surface area (Å²) in [5.41, 5.74) is 1.09. The summed E-state index contributed by atoms with van der Waals surface area (Å²) in [5, 5.41) is 9.11. The zero-order valence-corrected chi connectivity index (χ0v) is 13.4. The van der Waals surface area contributed by atoms with E-state index >= 15 is 0 Å². The Bertz CT molecular complexity index is 449. The van der Waals surface area contributed by atoms with Gasteiger partial charge in [-0.3, -0.25) is 9.79 Å². The molecule has 0 heterocycles. The Morgan fingerprint density at radius 3 is 2.55 bits per heavy atom. The molecule has 0 aliphatic heterocycles. The van der Waals surface area contributed by atoms with E-state index in [1.807, 2.05) is 37.3 Å². The Morgan fingerprint density at radius 2 is 1.86 bits per heavy atom. The highest BCUT2D eigenvalue weighted by atomic mass is 16.5. The summed E-state index contributed by atoms with van der Waals surface area (Å²) in [4.78, 5) is 15.8. The Balaban J connectivity index is 2.12. The molecule has 0 saturated carbocycles. The largest absolute Gasteiger partial charge is 0.380 e. The van der Waals surface area contributed by atoms with Crippen LogP contribution < -0.4 is 16.0 Å². The van der Waals surface area contributed by atoms with Gasteiger partial charge in [0.05, 0.1) is 6.61 Å². The topological polar surface area (TPSA) is 74.8 Å². The molecule has 1 aromatic rings. The molecule has 6 nitrogen and oxygen atoms in total. The van der Waals surface area contributed by atoms with Gasteiger partial charge < -0.3 is 20.7 Å². The number of rotatable bonds is 9. The maximum Gasteiger partial charge on any atom is 0.222 e. The van der Waals surface area contributed by atoms with Crippen molar-refractivity contribution in [3.05, 3.63) is 35.9 Å². The summed E-state index contributed by atoms with van der Waals surface area (Å²) < 4.78 is 5.24. The van der Waals surface area contributed by atoms with Crippen molar-refractivity contribution >= 4 is 11.9 Å². The molecule has 3 N–H and O–H groups in total. The maximum absolute atomic E-state index is 11.8. The van der Waals surface area contributed by atoms with Crippen LogP contribution in [0, 0.1) is 0 Å². The molecule has 0 aliphatic rings. The highest BCUT2D eigenvalue weighted by Gasteiger charge is 2.02. The van der Waals surface area contributed by atoms with Gasteiger partial charge >= 0.3 is 0 Å². The zero-order valence-electron chi connectivity index (χ0n) is 13.4. The van der Waals surface area contributed by atoms with E-state index in [1.54, 1.807) is 7.05 Å². The van der Waals surface area contributed by atoms with Crippen LogP contribution in [0.2, 0.25) is 0 Å². The van der Waals surface area contributed by atoms with Crippen molar-refractivity contribution in [3.63, 3.8) is 0 Å². The lowest BCUT2D eigenvalue weighted by Gasteiger charge is -2.11. The van der Waals surface area contributed by atoms with Crippen molar-refractivity contribution in [1.29, 1.82) is 0 Å². The van der Waals surface area contributed by atoms with Crippen LogP contribution in [0.1, 0.15) is 18.9 Å². The molecule has 0 bridgehead atoms. The second-order valence-electron chi connectivity index (χ2n) is 4.64. The highest BCUT2D eigenvalue weighted by molar-refractivity contribution is 5.81. The van der Waals surface area contributed by atoms with Gasteiger partial charge in [0.1, 0.15) is 0 Å². The van der Waals surface area contributed by atoms with Crippen LogP contribution in [0.5, 0.6) is 0 Å². The number of carbonyl (C=O) groups is 1. The third kappa shape index (κ3) is 8.26. The Morgan fingerprint density at radius 1 is 1.14 bits per heavy atom. The van der Waals surface area contributed by atoms with Crippen molar-refractivity contribution in [1.82, 2.24) is 16.0 Å². The minimum atomic E-state index is 0.0149. The number of benzene rings is 1. The number of hydrogen-bond acceptors (Lipinski definition) is 3. The Labute approximate surface area is 132 Å². The summed E-state index contributed by atoms with van der Waals surface area (Å²) in [7, 11) is 1.70. The molecule has 1 rings (SSSR count). The predicted molar refractivity (Wildman–Crippen MR) is 88.8 cm³/mol. The molecule has 122 valence electrons. The summed E-state index contributed by atoms with van der Waals surface area (Å²) in [6, 6.07) is 9.85. The molecule has 0 radical (unpaired) electrons. The number of ether oxygens (including phenoxy) is 1. The summed E-state index contributed by atoms with van der Waals surface area (Å²) in [6.45, 7) is 5.08. The highest BCUT2D eigenvalue weighted by Crippen LogP contribution is 1.97. The number of nitrogens with one attached hydrogen (secondary N) is 3. The van der Waals surface area contributed by atoms with Crippen molar-refractivity contribution in [3.8, 4) is 0 Å². The lowest BCUT2D eigenvalue weighted by molar-refractivity contribution is -0.121. The third-order valence-corrected chi connectivity index (χ3v) is 2.94. The van der Waals surface area contributed by atoms with Gasteiger partial charge in [-0.05, 0) is 12.5 Å². The molecule has 0 aliphatic carbocycles. The first-order valence-corrected chi connectivity index (χ1v) is 7.59. The van der Waals surface area contributed by atoms with Crippen molar-refractivity contribution in [2.24, 2.45) is 4.99 Å². The van der Waals surface area contributed by atoms with Crippen LogP contribution in [0.4, 0.5) is 0 Å². The van der Waals surface area contributed by atoms with Crippen molar-refractivity contribution < 1.29 is 9.53 Å². The van der Waals surface area contributed by atoms with E-state index in [-0.39, 0.29) is 5.91 Å². The average Bonchev–Trinajstić information content (AvgIpc) is 2.56. The normalized spacial score (nSPS) is 11.1. The van der Waals surface area contributed by atoms with Crippen LogP contribution in [0.3, 0.4) is 0 Å². The number of guanidine groups is 1. The predicted octanol–water partition coefficient (Wildman–Crippen LogP) is 0.894. The fourth-order valence-electron chi connectivity index (χ4n) is 1.79. The van der Waals surface area contributed by atoms with E-state index in [2.05, 4.69) is 20.9 Å². The van der Waals surface area contributed by atoms with Gasteiger partial charge in [0, 0.05) is 39.7 Å². The van der Waals surface area contributed by atoms with Crippen LogP contribution in [-0.2, 0) is 16.1 Å². The summed E-state index contributed by atoms with van der Waals surface area (Å²) >= 11 is 0. The lowest BCUT2D eigenvalue weighted by atomic mass is 10.2. The minimum Gasteiger partial charge on any atom is -0.380 e. The minimum absolute atomic E-state index is 0.0149. The summed E-state index contributed by atoms with van der Waals surface area (Å²) in [5.74, 6) is 0.691. The number of hydrogen-bond donors (Lipinski definition) is 3. The molecule has 0 aromatic heterocycles. The van der Waals surface area contributed by atoms with Gasteiger partial charge in [0.15, 0.2) is 5.96 Å². The van der Waals surface area contributed by atoms with Crippen LogP contribution >= 0.6 is 0 Å². The lowest BCUT2D eigenvalue weighted by Crippen LogP contribution is -2.40. The van der Waals surface area contributed by atoms with Gasteiger partial charge in [-0.1, -0.05) is 30.3 Å². The first-order valence-electron chi connectivity index (χ1n) is 7.59. The number of amides is 1. The average molecular weight is 306 g/mol. The number of carbonyl (C=O) groups excluding carboxylic acids is 1. The molecule has 0 spiro atoms. The van der Waals surface area contributed by atoms with Gasteiger partial charge in [-0.25, -0.2) is 0 Å². The molecule has 0 unspecified atom stereocenters.